The predicted molar refractivity (Wildman–Crippen MR) is 167 cm³/mol. The lowest BCUT2D eigenvalue weighted by molar-refractivity contribution is -0.149. The molecule has 45 heavy (non-hydrogen) atoms. The van der Waals surface area contributed by atoms with Crippen LogP contribution in [-0.4, -0.2) is 102 Å². The molecule has 3 heterocycles. The highest BCUT2D eigenvalue weighted by Crippen LogP contribution is 2.48. The molecule has 1 aliphatic rings. The number of imidazole rings is 1. The molecule has 0 bridgehead atoms. The van der Waals surface area contributed by atoms with E-state index in [9.17, 15) is 24.4 Å². The first-order valence-corrected chi connectivity index (χ1v) is 17.2. The van der Waals surface area contributed by atoms with Gasteiger partial charge in [0.05, 0.1) is 44.3 Å². The van der Waals surface area contributed by atoms with Crippen molar-refractivity contribution < 1.29 is 47.6 Å². The van der Waals surface area contributed by atoms with Gasteiger partial charge in [-0.3, -0.25) is 23.2 Å². The maximum atomic E-state index is 13.8. The van der Waals surface area contributed by atoms with Crippen molar-refractivity contribution in [1.29, 1.82) is 0 Å². The summed E-state index contributed by atoms with van der Waals surface area (Å²) in [6.45, 7) is 10.5. The van der Waals surface area contributed by atoms with E-state index in [2.05, 4.69) is 20.0 Å². The number of nitrogen functional groups attached to an aromatic ring is 1. The first-order valence-electron chi connectivity index (χ1n) is 14.3. The Balaban J connectivity index is 1.78. The van der Waals surface area contributed by atoms with E-state index in [1.54, 1.807) is 41.5 Å². The third-order valence-corrected chi connectivity index (χ3v) is 9.96. The molecule has 6 atom stereocenters. The van der Waals surface area contributed by atoms with Gasteiger partial charge in [0.25, 0.3) is 0 Å². The Morgan fingerprint density at radius 3 is 2.62 bits per heavy atom. The van der Waals surface area contributed by atoms with E-state index in [1.807, 2.05) is 0 Å². The van der Waals surface area contributed by atoms with Gasteiger partial charge in [-0.1, -0.05) is 11.8 Å². The van der Waals surface area contributed by atoms with Crippen LogP contribution in [0.25, 0.3) is 11.2 Å². The third kappa shape index (κ3) is 9.05. The number of fused-ring (bicyclic) bond motifs is 1. The molecule has 1 fully saturated rings. The minimum Gasteiger partial charge on any atom is -0.476 e. The molecule has 0 aromatic carbocycles. The zero-order chi connectivity index (χ0) is 33.7. The summed E-state index contributed by atoms with van der Waals surface area (Å²) in [6.07, 6.45) is -2.54. The van der Waals surface area contributed by atoms with E-state index in [0.29, 0.717) is 12.1 Å². The molecule has 1 aliphatic heterocycles. The summed E-state index contributed by atoms with van der Waals surface area (Å²) in [6, 6.07) is -1.11. The largest absolute Gasteiger partial charge is 0.476 e. The lowest BCUT2D eigenvalue weighted by atomic mass is 9.97. The number of ether oxygens (including phenoxy) is 3. The van der Waals surface area contributed by atoms with Crippen molar-refractivity contribution in [1.82, 2.24) is 24.6 Å². The molecule has 5 N–H and O–H groups in total. The van der Waals surface area contributed by atoms with E-state index in [-0.39, 0.29) is 41.6 Å². The van der Waals surface area contributed by atoms with Crippen LogP contribution >= 0.6 is 31.1 Å². The molecular formula is C26H42ClN6O10PS. The predicted octanol–water partition coefficient (Wildman–Crippen LogP) is 2.41. The summed E-state index contributed by atoms with van der Waals surface area (Å²) in [5, 5.41) is 22.8. The number of hydrogen-bond acceptors (Lipinski definition) is 15. The average molecular weight is 697 g/mol. The maximum absolute atomic E-state index is 13.8. The second kappa shape index (κ2) is 15.2. The van der Waals surface area contributed by atoms with Crippen molar-refractivity contribution in [2.24, 2.45) is 5.41 Å². The number of alkyl halides is 1. The molecule has 1 saturated heterocycles. The molecule has 254 valence electrons. The fraction of sp³-hybridized carbons (Fsp3) is 0.731. The van der Waals surface area contributed by atoms with Crippen molar-refractivity contribution in [2.75, 3.05) is 37.9 Å². The van der Waals surface area contributed by atoms with Gasteiger partial charge in [0.1, 0.15) is 23.1 Å². The topological polar surface area (TPSA) is 219 Å². The average Bonchev–Trinajstić information content (AvgIpc) is 3.47. The van der Waals surface area contributed by atoms with Gasteiger partial charge in [-0.25, -0.2) is 14.6 Å². The second-order valence-electron chi connectivity index (χ2n) is 11.4. The van der Waals surface area contributed by atoms with Crippen LogP contribution in [0.1, 0.15) is 54.7 Å². The van der Waals surface area contributed by atoms with Crippen LogP contribution in [-0.2, 0) is 32.7 Å². The number of aliphatic hydroxyl groups excluding tert-OH is 2. The number of rotatable bonds is 16. The van der Waals surface area contributed by atoms with Crippen LogP contribution in [0, 0.1) is 5.41 Å². The van der Waals surface area contributed by atoms with Crippen molar-refractivity contribution >= 4 is 59.3 Å². The molecule has 3 rings (SSSR count). The number of nitrogens with two attached hydrogens (primary N) is 1. The standard InChI is InChI=1S/C26H42ClN6O10PS/c1-8-39-20-17-19(30-24(28)31-20)33(13-29-17)22-26(7,27)18(35)16(43-22)11-41-44(38,32-15(4)21(36)42-14(2)3)40-9-10-45-23(37)25(5,6)12-34/h13-16,18,22,34-35H,8-12H2,1-7H3,(H,32,38)(H2,28,30,31)/t15-,16+,18+,22+,26+,44-/m0/s1. The number of hydrogen-bond donors (Lipinski definition) is 4. The van der Waals surface area contributed by atoms with Crippen LogP contribution in [0.4, 0.5) is 5.95 Å². The van der Waals surface area contributed by atoms with Gasteiger partial charge in [-0.15, -0.1) is 11.6 Å². The van der Waals surface area contributed by atoms with E-state index in [1.165, 1.54) is 17.8 Å². The minimum atomic E-state index is -4.27. The number of carbonyl (C=O) groups excluding carboxylic acids is 2. The molecule has 19 heteroatoms. The summed E-state index contributed by atoms with van der Waals surface area (Å²) in [7, 11) is -4.27. The highest BCUT2D eigenvalue weighted by Gasteiger charge is 2.54. The molecule has 0 amide bonds. The molecule has 16 nitrogen and oxygen atoms in total. The first kappa shape index (κ1) is 37.4. The first-order chi connectivity index (χ1) is 21.0. The molecule has 0 saturated carbocycles. The normalized spacial score (nSPS) is 24.1. The highest BCUT2D eigenvalue weighted by molar-refractivity contribution is 8.13. The van der Waals surface area contributed by atoms with Gasteiger partial charge >= 0.3 is 13.7 Å². The van der Waals surface area contributed by atoms with Gasteiger partial charge in [0, 0.05) is 5.75 Å². The van der Waals surface area contributed by atoms with Gasteiger partial charge in [-0.2, -0.15) is 9.97 Å². The Kier molecular flexibility index (Phi) is 12.6. The van der Waals surface area contributed by atoms with Gasteiger partial charge < -0.3 is 30.2 Å². The number of nitrogens with zero attached hydrogens (tertiary/aromatic N) is 4. The molecule has 2 aromatic heterocycles. The molecule has 0 spiro atoms. The lowest BCUT2D eigenvalue weighted by Crippen LogP contribution is -2.40. The Hall–Kier alpha value is -2.08. The van der Waals surface area contributed by atoms with Crippen molar-refractivity contribution in [3.05, 3.63) is 6.33 Å². The van der Waals surface area contributed by atoms with E-state index in [4.69, 9.17) is 40.6 Å². The Labute approximate surface area is 270 Å². The number of carbonyl (C=O) groups is 2. The zero-order valence-electron chi connectivity index (χ0n) is 26.3. The van der Waals surface area contributed by atoms with Crippen molar-refractivity contribution in [2.45, 2.75) is 83.9 Å². The third-order valence-electron chi connectivity index (χ3n) is 6.65. The molecule has 0 unspecified atom stereocenters. The lowest BCUT2D eigenvalue weighted by Gasteiger charge is -2.26. The fourth-order valence-corrected chi connectivity index (χ4v) is 6.83. The molecule has 0 aliphatic carbocycles. The number of esters is 1. The Morgan fingerprint density at radius 2 is 2.00 bits per heavy atom. The van der Waals surface area contributed by atoms with Gasteiger partial charge in [-0.05, 0) is 48.5 Å². The Bertz CT molecular complexity index is 1400. The number of aliphatic hydroxyl groups is 2. The minimum absolute atomic E-state index is 0.0727. The summed E-state index contributed by atoms with van der Waals surface area (Å²) < 4.78 is 43.3. The van der Waals surface area contributed by atoms with Gasteiger partial charge in [0.15, 0.2) is 22.5 Å². The number of anilines is 1. The van der Waals surface area contributed by atoms with Crippen molar-refractivity contribution in [3.8, 4) is 5.88 Å². The smallest absolute Gasteiger partial charge is 0.406 e. The van der Waals surface area contributed by atoms with Crippen LogP contribution in [0.15, 0.2) is 6.33 Å². The molecule has 2 aromatic rings. The Morgan fingerprint density at radius 1 is 1.31 bits per heavy atom. The SMILES string of the molecule is CCOc1nc(N)nc2c1ncn2[C@@H]1O[C@H](CO[P@](=O)(N[C@@H](C)C(=O)OC(C)C)OCCSC(=O)C(C)(C)CO)[C@@H](O)[C@@]1(C)Cl. The van der Waals surface area contributed by atoms with Crippen LogP contribution < -0.4 is 15.6 Å². The summed E-state index contributed by atoms with van der Waals surface area (Å²) in [4.78, 5) is 36.0. The fourth-order valence-electron chi connectivity index (χ4n) is 4.13. The summed E-state index contributed by atoms with van der Waals surface area (Å²) in [5.41, 5.74) is 5.46. The van der Waals surface area contributed by atoms with Crippen molar-refractivity contribution in [3.63, 3.8) is 0 Å². The van der Waals surface area contributed by atoms with Gasteiger partial charge in [0.2, 0.25) is 11.8 Å². The summed E-state index contributed by atoms with van der Waals surface area (Å²) in [5.74, 6) is -0.523. The molecule has 0 radical (unpaired) electrons. The highest BCUT2D eigenvalue weighted by atomic mass is 35.5. The molecular weight excluding hydrogens is 655 g/mol. The van der Waals surface area contributed by atoms with E-state index >= 15 is 0 Å². The van der Waals surface area contributed by atoms with E-state index in [0.717, 1.165) is 11.8 Å². The van der Waals surface area contributed by atoms with Crippen LogP contribution in [0.3, 0.4) is 0 Å². The maximum Gasteiger partial charge on any atom is 0.406 e. The number of halogens is 1. The number of thioether (sulfide) groups is 1. The monoisotopic (exact) mass is 696 g/mol. The second-order valence-corrected chi connectivity index (χ2v) is 15.1. The number of aromatic nitrogens is 4. The summed E-state index contributed by atoms with van der Waals surface area (Å²) >= 11 is 7.69. The van der Waals surface area contributed by atoms with E-state index < -0.39 is 61.2 Å². The number of nitrogens with one attached hydrogen (secondary N) is 1. The van der Waals surface area contributed by atoms with Crippen LogP contribution in [0.2, 0.25) is 0 Å². The zero-order valence-corrected chi connectivity index (χ0v) is 28.7. The quantitative estimate of drug-likeness (QED) is 0.0857. The van der Waals surface area contributed by atoms with Crippen LogP contribution in [0.5, 0.6) is 5.88 Å².